The number of rotatable bonds is 4. The van der Waals surface area contributed by atoms with Crippen molar-refractivity contribution in [1.82, 2.24) is 0 Å². The number of nitrogens with zero attached hydrogens (tertiary/aromatic N) is 1. The minimum absolute atomic E-state index is 0.0787. The maximum Gasteiger partial charge on any atom is 0.0543 e. The summed E-state index contributed by atoms with van der Waals surface area (Å²) in [6.07, 6.45) is 0. The van der Waals surface area contributed by atoms with Crippen molar-refractivity contribution < 1.29 is 0 Å². The van der Waals surface area contributed by atoms with Gasteiger partial charge in [-0.05, 0) is 81.1 Å². The van der Waals surface area contributed by atoms with E-state index in [0.29, 0.717) is 0 Å². The molecule has 1 aliphatic rings. The summed E-state index contributed by atoms with van der Waals surface area (Å²) in [6, 6.07) is 55.9. The molecule has 0 radical (unpaired) electrons. The Kier molecular flexibility index (Phi) is 5.78. The van der Waals surface area contributed by atoms with E-state index >= 15 is 0 Å². The fourth-order valence-corrected chi connectivity index (χ4v) is 8.60. The monoisotopic (exact) mass is 593 g/mol. The standard InChI is InChI=1S/C43H31NS/c1-43(2)36-18-8-6-16-33(36)42-37(43)19-11-20-38(42)44(31-15-10-14-30(26-31)28-12-4-3-5-13-28)32-24-22-29-23-25-40-41(35(29)27-32)34-17-7-9-21-39(34)45-40/h3-27H,1-2H3. The van der Waals surface area contributed by atoms with E-state index < -0.39 is 0 Å². The third-order valence-electron chi connectivity index (χ3n) is 9.64. The van der Waals surface area contributed by atoms with E-state index in [1.54, 1.807) is 0 Å². The smallest absolute Gasteiger partial charge is 0.0543 e. The van der Waals surface area contributed by atoms with E-state index in [4.69, 9.17) is 0 Å². The third-order valence-corrected chi connectivity index (χ3v) is 10.8. The van der Waals surface area contributed by atoms with Crippen LogP contribution in [0.3, 0.4) is 0 Å². The van der Waals surface area contributed by atoms with Crippen molar-refractivity contribution in [1.29, 1.82) is 0 Å². The van der Waals surface area contributed by atoms with Crippen LogP contribution in [-0.2, 0) is 5.41 Å². The van der Waals surface area contributed by atoms with Crippen molar-refractivity contribution >= 4 is 59.3 Å². The lowest BCUT2D eigenvalue weighted by Gasteiger charge is -2.29. The molecule has 1 heterocycles. The molecule has 1 aliphatic carbocycles. The molecule has 0 fully saturated rings. The molecule has 8 aromatic rings. The zero-order chi connectivity index (χ0) is 30.1. The van der Waals surface area contributed by atoms with E-state index in [-0.39, 0.29) is 5.41 Å². The number of anilines is 3. The summed E-state index contributed by atoms with van der Waals surface area (Å²) in [5, 5.41) is 5.23. The van der Waals surface area contributed by atoms with E-state index in [2.05, 4.69) is 170 Å². The SMILES string of the molecule is CC1(C)c2ccccc2-c2c(N(c3cccc(-c4ccccc4)c3)c3ccc4ccc5sc6ccccc6c5c4c3)cccc21. The Morgan fingerprint density at radius 1 is 0.511 bits per heavy atom. The summed E-state index contributed by atoms with van der Waals surface area (Å²) in [5.41, 5.74) is 11.3. The van der Waals surface area contributed by atoms with Crippen LogP contribution in [0.1, 0.15) is 25.0 Å². The lowest BCUT2D eigenvalue weighted by atomic mass is 9.82. The summed E-state index contributed by atoms with van der Waals surface area (Å²) < 4.78 is 2.66. The molecule has 0 atom stereocenters. The van der Waals surface area contributed by atoms with Crippen LogP contribution in [0.15, 0.2) is 152 Å². The first-order valence-corrected chi connectivity index (χ1v) is 16.4. The molecule has 0 aliphatic heterocycles. The topological polar surface area (TPSA) is 3.24 Å². The van der Waals surface area contributed by atoms with Crippen LogP contribution in [-0.4, -0.2) is 0 Å². The highest BCUT2D eigenvalue weighted by molar-refractivity contribution is 7.26. The van der Waals surface area contributed by atoms with Gasteiger partial charge in [-0.25, -0.2) is 0 Å². The Balaban J connectivity index is 1.34. The van der Waals surface area contributed by atoms with Crippen molar-refractivity contribution in [3.63, 3.8) is 0 Å². The zero-order valence-corrected chi connectivity index (χ0v) is 26.1. The van der Waals surface area contributed by atoms with Gasteiger partial charge in [0.15, 0.2) is 0 Å². The van der Waals surface area contributed by atoms with E-state index in [0.717, 1.165) is 11.4 Å². The summed E-state index contributed by atoms with van der Waals surface area (Å²) in [7, 11) is 0. The molecule has 0 bridgehead atoms. The predicted octanol–water partition coefficient (Wildman–Crippen LogP) is 12.7. The molecule has 0 spiro atoms. The van der Waals surface area contributed by atoms with Crippen LogP contribution in [0.2, 0.25) is 0 Å². The molecule has 9 rings (SSSR count). The summed E-state index contributed by atoms with van der Waals surface area (Å²) in [5.74, 6) is 0. The molecule has 1 nitrogen and oxygen atoms in total. The summed E-state index contributed by atoms with van der Waals surface area (Å²) >= 11 is 1.88. The molecule has 2 heteroatoms. The Bertz CT molecular complexity index is 2410. The van der Waals surface area contributed by atoms with E-state index in [9.17, 15) is 0 Å². The first-order valence-electron chi connectivity index (χ1n) is 15.6. The maximum atomic E-state index is 2.48. The molecule has 7 aromatic carbocycles. The van der Waals surface area contributed by atoms with Gasteiger partial charge in [0.25, 0.3) is 0 Å². The van der Waals surface area contributed by atoms with Crippen molar-refractivity contribution in [2.75, 3.05) is 4.90 Å². The molecular weight excluding hydrogens is 563 g/mol. The van der Waals surface area contributed by atoms with E-state index in [1.807, 2.05) is 11.3 Å². The summed E-state index contributed by atoms with van der Waals surface area (Å²) in [4.78, 5) is 2.48. The van der Waals surface area contributed by atoms with Gasteiger partial charge in [0.2, 0.25) is 0 Å². The van der Waals surface area contributed by atoms with Crippen LogP contribution in [0.4, 0.5) is 17.1 Å². The Hall–Kier alpha value is -5.18. The normalized spacial score (nSPS) is 13.3. The molecule has 45 heavy (non-hydrogen) atoms. The molecule has 214 valence electrons. The number of hydrogen-bond donors (Lipinski definition) is 0. The summed E-state index contributed by atoms with van der Waals surface area (Å²) in [6.45, 7) is 4.71. The highest BCUT2D eigenvalue weighted by Crippen LogP contribution is 2.54. The molecule has 0 unspecified atom stereocenters. The van der Waals surface area contributed by atoms with Gasteiger partial charge in [-0.15, -0.1) is 11.3 Å². The molecule has 0 N–H and O–H groups in total. The van der Waals surface area contributed by atoms with Gasteiger partial charge in [-0.2, -0.15) is 0 Å². The van der Waals surface area contributed by atoms with Crippen molar-refractivity contribution in [3.8, 4) is 22.3 Å². The molecule has 0 saturated carbocycles. The average Bonchev–Trinajstić information content (AvgIpc) is 3.59. The highest BCUT2D eigenvalue weighted by atomic mass is 32.1. The quantitative estimate of drug-likeness (QED) is 0.196. The third kappa shape index (κ3) is 3.99. The van der Waals surface area contributed by atoms with Crippen molar-refractivity contribution in [3.05, 3.63) is 163 Å². The van der Waals surface area contributed by atoms with Crippen LogP contribution < -0.4 is 4.90 Å². The fraction of sp³-hybridized carbons (Fsp3) is 0.0698. The second-order valence-corrected chi connectivity index (χ2v) is 13.6. The second kappa shape index (κ2) is 9.92. The largest absolute Gasteiger partial charge is 0.310 e. The van der Waals surface area contributed by atoms with Crippen LogP contribution in [0.5, 0.6) is 0 Å². The lowest BCUT2D eigenvalue weighted by molar-refractivity contribution is 0.660. The van der Waals surface area contributed by atoms with Gasteiger partial charge >= 0.3 is 0 Å². The first kappa shape index (κ1) is 26.2. The Morgan fingerprint density at radius 2 is 1.22 bits per heavy atom. The Morgan fingerprint density at radius 3 is 2.13 bits per heavy atom. The maximum absolute atomic E-state index is 2.48. The van der Waals surface area contributed by atoms with Gasteiger partial charge in [0.05, 0.1) is 5.69 Å². The molecular formula is C43H31NS. The van der Waals surface area contributed by atoms with Gasteiger partial charge in [-0.3, -0.25) is 0 Å². The average molecular weight is 594 g/mol. The zero-order valence-electron chi connectivity index (χ0n) is 25.3. The van der Waals surface area contributed by atoms with Gasteiger partial charge in [0.1, 0.15) is 0 Å². The highest BCUT2D eigenvalue weighted by Gasteiger charge is 2.37. The second-order valence-electron chi connectivity index (χ2n) is 12.6. The number of fused-ring (bicyclic) bond motifs is 8. The molecule has 0 saturated heterocycles. The van der Waals surface area contributed by atoms with E-state index in [1.165, 1.54) is 70.0 Å². The van der Waals surface area contributed by atoms with Crippen LogP contribution >= 0.6 is 11.3 Å². The van der Waals surface area contributed by atoms with Crippen LogP contribution in [0.25, 0.3) is 53.2 Å². The van der Waals surface area contributed by atoms with Gasteiger partial charge in [0, 0.05) is 42.5 Å². The van der Waals surface area contributed by atoms with Crippen molar-refractivity contribution in [2.24, 2.45) is 0 Å². The number of hydrogen-bond acceptors (Lipinski definition) is 2. The number of benzene rings is 7. The van der Waals surface area contributed by atoms with Gasteiger partial charge in [-0.1, -0.05) is 123 Å². The Labute approximate surface area is 267 Å². The van der Waals surface area contributed by atoms with Crippen molar-refractivity contribution in [2.45, 2.75) is 19.3 Å². The fourth-order valence-electron chi connectivity index (χ4n) is 7.47. The molecule has 0 amide bonds. The van der Waals surface area contributed by atoms with Crippen LogP contribution in [0, 0.1) is 0 Å². The molecule has 1 aromatic heterocycles. The predicted molar refractivity (Wildman–Crippen MR) is 195 cm³/mol. The number of thiophene rings is 1. The minimum Gasteiger partial charge on any atom is -0.310 e. The van der Waals surface area contributed by atoms with Gasteiger partial charge < -0.3 is 4.90 Å². The lowest BCUT2D eigenvalue weighted by Crippen LogP contribution is -2.16. The first-order chi connectivity index (χ1) is 22.1. The minimum atomic E-state index is -0.0787.